The first kappa shape index (κ1) is 12.6. The van der Waals surface area contributed by atoms with Crippen LogP contribution in [0.5, 0.6) is 5.75 Å². The molecule has 0 amide bonds. The van der Waals surface area contributed by atoms with Crippen molar-refractivity contribution in [3.8, 4) is 5.75 Å². The Hall–Kier alpha value is -1.87. The van der Waals surface area contributed by atoms with E-state index in [0.29, 0.717) is 18.6 Å². The van der Waals surface area contributed by atoms with Crippen LogP contribution in [0.3, 0.4) is 0 Å². The number of rotatable bonds is 5. The maximum atomic E-state index is 13.3. The average molecular weight is 246 g/mol. The summed E-state index contributed by atoms with van der Waals surface area (Å²) >= 11 is 0. The van der Waals surface area contributed by atoms with Crippen molar-refractivity contribution in [1.29, 1.82) is 0 Å². The lowest BCUT2D eigenvalue weighted by Gasteiger charge is -2.07. The van der Waals surface area contributed by atoms with Crippen molar-refractivity contribution in [2.24, 2.45) is 0 Å². The van der Waals surface area contributed by atoms with E-state index in [1.165, 1.54) is 6.07 Å². The van der Waals surface area contributed by atoms with E-state index in [1.807, 2.05) is 6.07 Å². The zero-order valence-corrected chi connectivity index (χ0v) is 9.97. The van der Waals surface area contributed by atoms with E-state index in [4.69, 9.17) is 9.84 Å². The van der Waals surface area contributed by atoms with E-state index < -0.39 is 0 Å². The zero-order chi connectivity index (χ0) is 12.8. The van der Waals surface area contributed by atoms with Crippen LogP contribution in [0, 0.1) is 5.82 Å². The zero-order valence-electron chi connectivity index (χ0n) is 9.97. The molecule has 0 heterocycles. The summed E-state index contributed by atoms with van der Waals surface area (Å²) in [6.45, 7) is 0.453. The van der Waals surface area contributed by atoms with Crippen LogP contribution in [-0.2, 0) is 13.0 Å². The van der Waals surface area contributed by atoms with Gasteiger partial charge in [-0.15, -0.1) is 0 Å². The molecule has 0 aliphatic heterocycles. The monoisotopic (exact) mass is 246 g/mol. The van der Waals surface area contributed by atoms with E-state index in [0.717, 1.165) is 11.3 Å². The molecule has 0 radical (unpaired) electrons. The standard InChI is InChI=1S/C15H15FO2/c16-15-4-2-1-3-13(15)9-10-18-14-7-5-12(11-17)6-8-14/h1-8,17H,9-11H2. The molecule has 2 rings (SSSR count). The van der Waals surface area contributed by atoms with Crippen molar-refractivity contribution in [1.82, 2.24) is 0 Å². The van der Waals surface area contributed by atoms with Gasteiger partial charge in [-0.05, 0) is 29.3 Å². The highest BCUT2D eigenvalue weighted by atomic mass is 19.1. The van der Waals surface area contributed by atoms with Gasteiger partial charge < -0.3 is 9.84 Å². The van der Waals surface area contributed by atoms with Crippen LogP contribution >= 0.6 is 0 Å². The van der Waals surface area contributed by atoms with Crippen LogP contribution in [0.1, 0.15) is 11.1 Å². The minimum absolute atomic E-state index is 0.0233. The highest BCUT2D eigenvalue weighted by molar-refractivity contribution is 5.27. The van der Waals surface area contributed by atoms with E-state index in [2.05, 4.69) is 0 Å². The molecule has 0 spiro atoms. The summed E-state index contributed by atoms with van der Waals surface area (Å²) < 4.78 is 18.8. The molecule has 2 aromatic rings. The van der Waals surface area contributed by atoms with Gasteiger partial charge in [0.25, 0.3) is 0 Å². The Labute approximate surface area is 106 Å². The Morgan fingerprint density at radius 3 is 2.39 bits per heavy atom. The van der Waals surface area contributed by atoms with Crippen molar-refractivity contribution in [2.75, 3.05) is 6.61 Å². The van der Waals surface area contributed by atoms with Gasteiger partial charge in [-0.2, -0.15) is 0 Å². The first-order valence-electron chi connectivity index (χ1n) is 5.85. The molecule has 2 aromatic carbocycles. The number of benzene rings is 2. The molecular weight excluding hydrogens is 231 g/mol. The highest BCUT2D eigenvalue weighted by Gasteiger charge is 2.01. The molecule has 0 fully saturated rings. The third-order valence-corrected chi connectivity index (χ3v) is 2.70. The molecule has 0 saturated heterocycles. The molecule has 3 heteroatoms. The minimum Gasteiger partial charge on any atom is -0.493 e. The third kappa shape index (κ3) is 3.31. The Morgan fingerprint density at radius 1 is 1.00 bits per heavy atom. The van der Waals surface area contributed by atoms with E-state index >= 15 is 0 Å². The second-order valence-corrected chi connectivity index (χ2v) is 3.99. The first-order valence-corrected chi connectivity index (χ1v) is 5.85. The number of hydrogen-bond donors (Lipinski definition) is 1. The van der Waals surface area contributed by atoms with Gasteiger partial charge >= 0.3 is 0 Å². The van der Waals surface area contributed by atoms with Crippen LogP contribution in [0.15, 0.2) is 48.5 Å². The Bertz CT molecular complexity index is 494. The molecule has 0 aliphatic rings. The van der Waals surface area contributed by atoms with Gasteiger partial charge in [0.15, 0.2) is 0 Å². The molecule has 2 nitrogen and oxygen atoms in total. The number of aliphatic hydroxyl groups is 1. The lowest BCUT2D eigenvalue weighted by atomic mass is 10.1. The van der Waals surface area contributed by atoms with Crippen LogP contribution in [0.2, 0.25) is 0 Å². The quantitative estimate of drug-likeness (QED) is 0.879. The second kappa shape index (κ2) is 6.17. The third-order valence-electron chi connectivity index (χ3n) is 2.70. The molecule has 0 atom stereocenters. The molecule has 94 valence electrons. The Kier molecular flexibility index (Phi) is 4.31. The number of aliphatic hydroxyl groups excluding tert-OH is 1. The van der Waals surface area contributed by atoms with Gasteiger partial charge in [-0.25, -0.2) is 4.39 Å². The van der Waals surface area contributed by atoms with Crippen molar-refractivity contribution < 1.29 is 14.2 Å². The summed E-state index contributed by atoms with van der Waals surface area (Å²) in [4.78, 5) is 0. The predicted octanol–water partition coefficient (Wildman–Crippen LogP) is 2.94. The number of ether oxygens (including phenoxy) is 1. The number of halogens is 1. The van der Waals surface area contributed by atoms with Crippen LogP contribution in [0.4, 0.5) is 4.39 Å². The lowest BCUT2D eigenvalue weighted by Crippen LogP contribution is -2.03. The molecule has 0 aliphatic carbocycles. The Balaban J connectivity index is 1.86. The van der Waals surface area contributed by atoms with Gasteiger partial charge in [-0.1, -0.05) is 30.3 Å². The van der Waals surface area contributed by atoms with Crippen LogP contribution in [0.25, 0.3) is 0 Å². The van der Waals surface area contributed by atoms with Crippen LogP contribution in [-0.4, -0.2) is 11.7 Å². The molecule has 0 bridgehead atoms. The van der Waals surface area contributed by atoms with Crippen molar-refractivity contribution in [3.05, 3.63) is 65.5 Å². The van der Waals surface area contributed by atoms with E-state index in [9.17, 15) is 4.39 Å². The highest BCUT2D eigenvalue weighted by Crippen LogP contribution is 2.13. The molecule has 0 saturated carbocycles. The van der Waals surface area contributed by atoms with Gasteiger partial charge in [0.2, 0.25) is 0 Å². The molecular formula is C15H15FO2. The van der Waals surface area contributed by atoms with Crippen LogP contribution < -0.4 is 4.74 Å². The maximum Gasteiger partial charge on any atom is 0.126 e. The summed E-state index contributed by atoms with van der Waals surface area (Å²) in [5.74, 6) is 0.528. The minimum atomic E-state index is -0.197. The average Bonchev–Trinajstić information content (AvgIpc) is 2.42. The van der Waals surface area contributed by atoms with E-state index in [-0.39, 0.29) is 12.4 Å². The van der Waals surface area contributed by atoms with Gasteiger partial charge in [-0.3, -0.25) is 0 Å². The summed E-state index contributed by atoms with van der Waals surface area (Å²) in [5.41, 5.74) is 1.50. The van der Waals surface area contributed by atoms with Gasteiger partial charge in [0.1, 0.15) is 11.6 Å². The summed E-state index contributed by atoms with van der Waals surface area (Å²) in [7, 11) is 0. The lowest BCUT2D eigenvalue weighted by molar-refractivity contribution is 0.281. The fraction of sp³-hybridized carbons (Fsp3) is 0.200. The summed E-state index contributed by atoms with van der Waals surface area (Å²) in [6.07, 6.45) is 0.536. The largest absolute Gasteiger partial charge is 0.493 e. The van der Waals surface area contributed by atoms with Crippen molar-refractivity contribution in [3.63, 3.8) is 0 Å². The van der Waals surface area contributed by atoms with Gasteiger partial charge in [0, 0.05) is 6.42 Å². The van der Waals surface area contributed by atoms with E-state index in [1.54, 1.807) is 36.4 Å². The predicted molar refractivity (Wildman–Crippen MR) is 68.0 cm³/mol. The Morgan fingerprint density at radius 2 is 1.72 bits per heavy atom. The molecule has 1 N–H and O–H groups in total. The van der Waals surface area contributed by atoms with Crippen molar-refractivity contribution in [2.45, 2.75) is 13.0 Å². The maximum absolute atomic E-state index is 13.3. The fourth-order valence-corrected chi connectivity index (χ4v) is 1.67. The van der Waals surface area contributed by atoms with Crippen molar-refractivity contribution >= 4 is 0 Å². The SMILES string of the molecule is OCc1ccc(OCCc2ccccc2F)cc1. The smallest absolute Gasteiger partial charge is 0.126 e. The normalized spacial score (nSPS) is 10.3. The molecule has 18 heavy (non-hydrogen) atoms. The first-order chi connectivity index (χ1) is 8.79. The second-order valence-electron chi connectivity index (χ2n) is 3.99. The fourth-order valence-electron chi connectivity index (χ4n) is 1.67. The topological polar surface area (TPSA) is 29.5 Å². The number of hydrogen-bond acceptors (Lipinski definition) is 2. The molecule has 0 aromatic heterocycles. The summed E-state index contributed by atoms with van der Waals surface area (Å²) in [5, 5.41) is 8.90. The van der Waals surface area contributed by atoms with Gasteiger partial charge in [0.05, 0.1) is 13.2 Å². The summed E-state index contributed by atoms with van der Waals surface area (Å²) in [6, 6.07) is 13.9. The molecule has 0 unspecified atom stereocenters.